The summed E-state index contributed by atoms with van der Waals surface area (Å²) in [7, 11) is 0. The molecule has 22 heavy (non-hydrogen) atoms. The highest BCUT2D eigenvalue weighted by molar-refractivity contribution is 5.76. The topological polar surface area (TPSA) is 42.4 Å². The lowest BCUT2D eigenvalue weighted by molar-refractivity contribution is -0.137. The van der Waals surface area contributed by atoms with E-state index in [0.717, 1.165) is 18.3 Å². The van der Waals surface area contributed by atoms with Crippen LogP contribution in [0.3, 0.4) is 0 Å². The third kappa shape index (κ3) is 4.22. The minimum atomic E-state index is -4.43. The summed E-state index contributed by atoms with van der Waals surface area (Å²) in [5.41, 5.74) is -0.797. The number of hydrogen-bond donors (Lipinski definition) is 0. The van der Waals surface area contributed by atoms with E-state index in [1.165, 1.54) is 0 Å². The fourth-order valence-electron chi connectivity index (χ4n) is 2.26. The van der Waals surface area contributed by atoms with Gasteiger partial charge >= 0.3 is 6.18 Å². The van der Waals surface area contributed by atoms with Gasteiger partial charge in [0.15, 0.2) is 0 Å². The zero-order chi connectivity index (χ0) is 16.2. The highest BCUT2D eigenvalue weighted by Gasteiger charge is 2.32. The van der Waals surface area contributed by atoms with Crippen LogP contribution in [0.5, 0.6) is 5.88 Å². The SMILES string of the molecule is C=CCCC(=O)N1CCC(Oc2cc(C(F)(F)F)ccn2)C1. The molecule has 1 fully saturated rings. The molecule has 120 valence electrons. The van der Waals surface area contributed by atoms with E-state index < -0.39 is 11.7 Å². The van der Waals surface area contributed by atoms with Gasteiger partial charge in [-0.05, 0) is 12.5 Å². The molecule has 0 spiro atoms. The largest absolute Gasteiger partial charge is 0.472 e. The Bertz CT molecular complexity index is 546. The van der Waals surface area contributed by atoms with E-state index in [9.17, 15) is 18.0 Å². The Morgan fingerprint density at radius 3 is 3.00 bits per heavy atom. The highest BCUT2D eigenvalue weighted by Crippen LogP contribution is 2.31. The molecule has 1 atom stereocenters. The monoisotopic (exact) mass is 314 g/mol. The summed E-state index contributed by atoms with van der Waals surface area (Å²) in [4.78, 5) is 17.3. The second-order valence-corrected chi connectivity index (χ2v) is 5.08. The van der Waals surface area contributed by atoms with Crippen molar-refractivity contribution in [2.24, 2.45) is 0 Å². The van der Waals surface area contributed by atoms with Crippen LogP contribution < -0.4 is 4.74 Å². The van der Waals surface area contributed by atoms with Gasteiger partial charge in [0.05, 0.1) is 12.1 Å². The quantitative estimate of drug-likeness (QED) is 0.785. The van der Waals surface area contributed by atoms with Gasteiger partial charge in [0.25, 0.3) is 0 Å². The molecule has 2 heterocycles. The van der Waals surface area contributed by atoms with Gasteiger partial charge in [-0.1, -0.05) is 6.08 Å². The highest BCUT2D eigenvalue weighted by atomic mass is 19.4. The average molecular weight is 314 g/mol. The van der Waals surface area contributed by atoms with Crippen LogP contribution in [0.15, 0.2) is 31.0 Å². The Hall–Kier alpha value is -2.05. The van der Waals surface area contributed by atoms with E-state index in [-0.39, 0.29) is 17.9 Å². The van der Waals surface area contributed by atoms with E-state index in [1.54, 1.807) is 11.0 Å². The molecule has 1 unspecified atom stereocenters. The minimum Gasteiger partial charge on any atom is -0.472 e. The molecule has 2 rings (SSSR count). The number of likely N-dealkylation sites (tertiary alicyclic amines) is 1. The first-order chi connectivity index (χ1) is 10.4. The Kier molecular flexibility index (Phi) is 5.05. The van der Waals surface area contributed by atoms with Gasteiger partial charge in [-0.15, -0.1) is 6.58 Å². The maximum Gasteiger partial charge on any atom is 0.416 e. The Balaban J connectivity index is 1.93. The standard InChI is InChI=1S/C15H17F3N2O2/c1-2-3-4-14(21)20-8-6-12(10-20)22-13-9-11(5-7-19-13)15(16,17)18/h2,5,7,9,12H,1,3-4,6,8,10H2. The predicted octanol–water partition coefficient (Wildman–Crippen LogP) is 3.05. The lowest BCUT2D eigenvalue weighted by Crippen LogP contribution is -2.30. The number of alkyl halides is 3. The third-order valence-electron chi connectivity index (χ3n) is 3.41. The number of halogens is 3. The number of pyridine rings is 1. The van der Waals surface area contributed by atoms with Crippen LogP contribution in [0.25, 0.3) is 0 Å². The van der Waals surface area contributed by atoms with Crippen molar-refractivity contribution < 1.29 is 22.7 Å². The molecule has 0 N–H and O–H groups in total. The van der Waals surface area contributed by atoms with Crippen molar-refractivity contribution in [3.63, 3.8) is 0 Å². The number of nitrogens with zero attached hydrogens (tertiary/aromatic N) is 2. The minimum absolute atomic E-state index is 0.00278. The first-order valence-corrected chi connectivity index (χ1v) is 6.98. The second kappa shape index (κ2) is 6.81. The van der Waals surface area contributed by atoms with Crippen LogP contribution in [-0.4, -0.2) is 35.0 Å². The molecular weight excluding hydrogens is 297 g/mol. The van der Waals surface area contributed by atoms with Gasteiger partial charge in [-0.3, -0.25) is 4.79 Å². The zero-order valence-electron chi connectivity index (χ0n) is 12.0. The van der Waals surface area contributed by atoms with E-state index in [2.05, 4.69) is 11.6 Å². The number of ether oxygens (including phenoxy) is 1. The van der Waals surface area contributed by atoms with Crippen molar-refractivity contribution in [3.8, 4) is 5.88 Å². The van der Waals surface area contributed by atoms with Crippen LogP contribution in [0.2, 0.25) is 0 Å². The molecule has 1 saturated heterocycles. The van der Waals surface area contributed by atoms with Gasteiger partial charge in [0.2, 0.25) is 11.8 Å². The molecule has 4 nitrogen and oxygen atoms in total. The molecule has 1 amide bonds. The van der Waals surface area contributed by atoms with Crippen LogP contribution in [0, 0.1) is 0 Å². The van der Waals surface area contributed by atoms with Crippen LogP contribution in [-0.2, 0) is 11.0 Å². The number of amides is 1. The Labute approximate surface area is 126 Å². The Morgan fingerprint density at radius 2 is 2.32 bits per heavy atom. The van der Waals surface area contributed by atoms with Crippen molar-refractivity contribution in [2.45, 2.75) is 31.5 Å². The van der Waals surface area contributed by atoms with Crippen molar-refractivity contribution in [1.29, 1.82) is 0 Å². The molecule has 0 aromatic carbocycles. The number of carbonyl (C=O) groups excluding carboxylic acids is 1. The zero-order valence-corrected chi connectivity index (χ0v) is 12.0. The molecular formula is C15H17F3N2O2. The molecule has 1 aromatic heterocycles. The lowest BCUT2D eigenvalue weighted by Gasteiger charge is -2.17. The fourth-order valence-corrected chi connectivity index (χ4v) is 2.26. The molecule has 7 heteroatoms. The number of rotatable bonds is 5. The fraction of sp³-hybridized carbons (Fsp3) is 0.467. The summed E-state index contributed by atoms with van der Waals surface area (Å²) in [6.45, 7) is 4.47. The van der Waals surface area contributed by atoms with E-state index in [4.69, 9.17) is 4.74 Å². The van der Waals surface area contributed by atoms with Gasteiger partial charge in [0.1, 0.15) is 6.10 Å². The van der Waals surface area contributed by atoms with Gasteiger partial charge in [-0.25, -0.2) is 4.98 Å². The summed E-state index contributed by atoms with van der Waals surface area (Å²) in [5, 5.41) is 0. The van der Waals surface area contributed by atoms with Gasteiger partial charge < -0.3 is 9.64 Å². The van der Waals surface area contributed by atoms with Crippen molar-refractivity contribution in [1.82, 2.24) is 9.88 Å². The van der Waals surface area contributed by atoms with Crippen molar-refractivity contribution in [3.05, 3.63) is 36.5 Å². The van der Waals surface area contributed by atoms with E-state index >= 15 is 0 Å². The normalized spacial score (nSPS) is 18.3. The maximum atomic E-state index is 12.6. The number of aromatic nitrogens is 1. The molecule has 0 bridgehead atoms. The third-order valence-corrected chi connectivity index (χ3v) is 3.41. The first-order valence-electron chi connectivity index (χ1n) is 6.98. The maximum absolute atomic E-state index is 12.6. The molecule has 1 aliphatic rings. The predicted molar refractivity (Wildman–Crippen MR) is 74.3 cm³/mol. The number of hydrogen-bond acceptors (Lipinski definition) is 3. The smallest absolute Gasteiger partial charge is 0.416 e. The summed E-state index contributed by atoms with van der Waals surface area (Å²) in [5.74, 6) is -0.0665. The molecule has 0 aliphatic carbocycles. The summed E-state index contributed by atoms with van der Waals surface area (Å²) in [6, 6.07) is 1.77. The molecule has 0 radical (unpaired) electrons. The summed E-state index contributed by atoms with van der Waals surface area (Å²) >= 11 is 0. The molecule has 1 aromatic rings. The molecule has 1 aliphatic heterocycles. The van der Waals surface area contributed by atoms with Gasteiger partial charge in [0, 0.05) is 31.6 Å². The van der Waals surface area contributed by atoms with Crippen LogP contribution >= 0.6 is 0 Å². The Morgan fingerprint density at radius 1 is 1.55 bits per heavy atom. The van der Waals surface area contributed by atoms with E-state index in [1.807, 2.05) is 0 Å². The van der Waals surface area contributed by atoms with Crippen LogP contribution in [0.4, 0.5) is 13.2 Å². The lowest BCUT2D eigenvalue weighted by atomic mass is 10.2. The van der Waals surface area contributed by atoms with Crippen molar-refractivity contribution >= 4 is 5.91 Å². The first kappa shape index (κ1) is 16.3. The molecule has 0 saturated carbocycles. The average Bonchev–Trinajstić information content (AvgIpc) is 2.92. The number of carbonyl (C=O) groups is 1. The second-order valence-electron chi connectivity index (χ2n) is 5.08. The van der Waals surface area contributed by atoms with E-state index in [0.29, 0.717) is 32.4 Å². The van der Waals surface area contributed by atoms with Crippen LogP contribution in [0.1, 0.15) is 24.8 Å². The van der Waals surface area contributed by atoms with Crippen molar-refractivity contribution in [2.75, 3.05) is 13.1 Å². The number of allylic oxidation sites excluding steroid dienone is 1. The summed E-state index contributed by atoms with van der Waals surface area (Å²) < 4.78 is 43.3. The summed E-state index contributed by atoms with van der Waals surface area (Å²) in [6.07, 6.45) is -0.437. The van der Waals surface area contributed by atoms with Gasteiger partial charge in [-0.2, -0.15) is 13.2 Å².